The molecule has 0 radical (unpaired) electrons. The molecule has 0 aliphatic carbocycles. The van der Waals surface area contributed by atoms with Gasteiger partial charge >= 0.3 is 0 Å². The number of ketones is 1. The molecule has 1 aromatic carbocycles. The Bertz CT molecular complexity index is 339. The van der Waals surface area contributed by atoms with Gasteiger partial charge in [0, 0.05) is 26.7 Å². The minimum Gasteiger partial charge on any atom is -0.294 e. The molecule has 0 atom stereocenters. The lowest BCUT2D eigenvalue weighted by molar-refractivity contribution is 0.0989. The van der Waals surface area contributed by atoms with Gasteiger partial charge in [-0.05, 0) is 28.3 Å². The highest BCUT2D eigenvalue weighted by molar-refractivity contribution is 9.10. The number of Topliss-reactive ketones (excluding diaryl/α,β-unsaturated/α-hetero) is 1. The van der Waals surface area contributed by atoms with Gasteiger partial charge in [-0.1, -0.05) is 28.1 Å². The first-order chi connectivity index (χ1) is 6.70. The molecule has 76 valence electrons. The van der Waals surface area contributed by atoms with Crippen molar-refractivity contribution in [2.24, 2.45) is 0 Å². The van der Waals surface area contributed by atoms with Crippen molar-refractivity contribution in [1.29, 1.82) is 0 Å². The molecule has 0 heterocycles. The van der Waals surface area contributed by atoms with E-state index >= 15 is 0 Å². The molecule has 1 rings (SSSR count). The summed E-state index contributed by atoms with van der Waals surface area (Å²) < 4.78 is 0.915. The van der Waals surface area contributed by atoms with Gasteiger partial charge in [0.1, 0.15) is 0 Å². The summed E-state index contributed by atoms with van der Waals surface area (Å²) in [6.07, 6.45) is 2.54. The Kier molecular flexibility index (Phi) is 5.20. The number of alkyl halides is 1. The zero-order chi connectivity index (χ0) is 10.6. The van der Waals surface area contributed by atoms with Crippen molar-refractivity contribution in [3.8, 4) is 0 Å². The van der Waals surface area contributed by atoms with Crippen LogP contribution >= 0.6 is 43.6 Å². The van der Waals surface area contributed by atoms with Crippen LogP contribution in [0.5, 0.6) is 0 Å². The second-order valence-corrected chi connectivity index (χ2v) is 5.12. The zero-order valence-corrected chi connectivity index (χ0v) is 11.7. The van der Waals surface area contributed by atoms with Crippen molar-refractivity contribution in [3.05, 3.63) is 28.2 Å². The first-order valence-electron chi connectivity index (χ1n) is 4.12. The minimum atomic E-state index is 0.171. The Hall–Kier alpha value is 0.200. The zero-order valence-electron chi connectivity index (χ0n) is 7.72. The Morgan fingerprint density at radius 3 is 2.79 bits per heavy atom. The number of hydrogen-bond acceptors (Lipinski definition) is 2. The van der Waals surface area contributed by atoms with Gasteiger partial charge in [-0.25, -0.2) is 0 Å². The molecule has 0 unspecified atom stereocenters. The van der Waals surface area contributed by atoms with Crippen LogP contribution in [0.2, 0.25) is 0 Å². The maximum absolute atomic E-state index is 11.7. The minimum absolute atomic E-state index is 0.171. The van der Waals surface area contributed by atoms with E-state index in [0.29, 0.717) is 11.8 Å². The highest BCUT2D eigenvalue weighted by atomic mass is 79.9. The molecular formula is C10H10Br2OS. The van der Waals surface area contributed by atoms with Gasteiger partial charge in [-0.15, -0.1) is 11.8 Å². The number of carbonyl (C=O) groups excluding carboxylic acids is 1. The number of hydrogen-bond donors (Lipinski definition) is 0. The largest absolute Gasteiger partial charge is 0.294 e. The highest BCUT2D eigenvalue weighted by Crippen LogP contribution is 2.29. The molecule has 0 fully saturated rings. The van der Waals surface area contributed by atoms with Crippen molar-refractivity contribution in [2.75, 3.05) is 11.6 Å². The number of rotatable bonds is 4. The van der Waals surface area contributed by atoms with Gasteiger partial charge in [0.25, 0.3) is 0 Å². The lowest BCUT2D eigenvalue weighted by Gasteiger charge is -2.06. The van der Waals surface area contributed by atoms with Crippen LogP contribution < -0.4 is 0 Å². The molecule has 0 spiro atoms. The van der Waals surface area contributed by atoms with Crippen LogP contribution in [0.15, 0.2) is 27.6 Å². The smallest absolute Gasteiger partial charge is 0.164 e. The highest BCUT2D eigenvalue weighted by Gasteiger charge is 2.11. The fourth-order valence-corrected chi connectivity index (χ4v) is 2.94. The SMILES string of the molecule is CSc1cccc(C(=O)CCBr)c1Br. The van der Waals surface area contributed by atoms with Crippen molar-refractivity contribution < 1.29 is 4.79 Å². The Morgan fingerprint density at radius 1 is 1.50 bits per heavy atom. The lowest BCUT2D eigenvalue weighted by atomic mass is 10.1. The van der Waals surface area contributed by atoms with Crippen LogP contribution in [0.4, 0.5) is 0 Å². The summed E-state index contributed by atoms with van der Waals surface area (Å²) in [6, 6.07) is 5.77. The van der Waals surface area contributed by atoms with Crippen molar-refractivity contribution in [2.45, 2.75) is 11.3 Å². The second-order valence-electron chi connectivity index (χ2n) is 2.68. The molecule has 14 heavy (non-hydrogen) atoms. The van der Waals surface area contributed by atoms with E-state index in [1.54, 1.807) is 11.8 Å². The van der Waals surface area contributed by atoms with Crippen LogP contribution in [0, 0.1) is 0 Å². The van der Waals surface area contributed by atoms with Gasteiger partial charge in [0.2, 0.25) is 0 Å². The van der Waals surface area contributed by atoms with Gasteiger partial charge in [-0.3, -0.25) is 4.79 Å². The summed E-state index contributed by atoms with van der Waals surface area (Å²) >= 11 is 8.36. The van der Waals surface area contributed by atoms with E-state index in [0.717, 1.165) is 14.9 Å². The number of carbonyl (C=O) groups is 1. The molecule has 0 saturated heterocycles. The first-order valence-corrected chi connectivity index (χ1v) is 7.26. The Labute approximate surface area is 105 Å². The van der Waals surface area contributed by atoms with Crippen molar-refractivity contribution >= 4 is 49.4 Å². The third kappa shape index (κ3) is 2.84. The van der Waals surface area contributed by atoms with Gasteiger partial charge in [0.15, 0.2) is 5.78 Å². The third-order valence-corrected chi connectivity index (χ3v) is 4.10. The van der Waals surface area contributed by atoms with Crippen molar-refractivity contribution in [1.82, 2.24) is 0 Å². The summed E-state index contributed by atoms with van der Waals surface area (Å²) in [5.74, 6) is 0.171. The van der Waals surface area contributed by atoms with Crippen molar-refractivity contribution in [3.63, 3.8) is 0 Å². The number of thioether (sulfide) groups is 1. The van der Waals surface area contributed by atoms with Crippen LogP contribution in [0.3, 0.4) is 0 Å². The van der Waals surface area contributed by atoms with Gasteiger partial charge < -0.3 is 0 Å². The molecular weight excluding hydrogens is 328 g/mol. The molecule has 1 aromatic rings. The molecule has 0 amide bonds. The normalized spacial score (nSPS) is 10.2. The molecule has 0 saturated carbocycles. The Balaban J connectivity index is 3.03. The lowest BCUT2D eigenvalue weighted by Crippen LogP contribution is -2.01. The summed E-state index contributed by atoms with van der Waals surface area (Å²) in [4.78, 5) is 12.8. The van der Waals surface area contributed by atoms with Crippen LogP contribution in [-0.2, 0) is 0 Å². The van der Waals surface area contributed by atoms with E-state index in [4.69, 9.17) is 0 Å². The molecule has 0 aliphatic rings. The van der Waals surface area contributed by atoms with Crippen LogP contribution in [0.1, 0.15) is 16.8 Å². The maximum atomic E-state index is 11.7. The number of benzene rings is 1. The standard InChI is InChI=1S/C10H10Br2OS/c1-14-9-4-2-3-7(10(9)12)8(13)5-6-11/h2-4H,5-6H2,1H3. The first kappa shape index (κ1) is 12.3. The number of halogens is 2. The summed E-state index contributed by atoms with van der Waals surface area (Å²) in [6.45, 7) is 0. The van der Waals surface area contributed by atoms with Gasteiger partial charge in [0.05, 0.1) is 0 Å². The molecule has 0 N–H and O–H groups in total. The molecule has 0 aliphatic heterocycles. The quantitative estimate of drug-likeness (QED) is 0.466. The predicted molar refractivity (Wildman–Crippen MR) is 68.7 cm³/mol. The third-order valence-electron chi connectivity index (χ3n) is 1.81. The van der Waals surface area contributed by atoms with E-state index in [-0.39, 0.29) is 5.78 Å². The van der Waals surface area contributed by atoms with E-state index in [9.17, 15) is 4.79 Å². The second kappa shape index (κ2) is 5.93. The molecule has 0 bridgehead atoms. The topological polar surface area (TPSA) is 17.1 Å². The summed E-state index contributed by atoms with van der Waals surface area (Å²) in [5.41, 5.74) is 0.774. The molecule has 0 aromatic heterocycles. The Morgan fingerprint density at radius 2 is 2.21 bits per heavy atom. The van der Waals surface area contributed by atoms with E-state index < -0.39 is 0 Å². The van der Waals surface area contributed by atoms with Gasteiger partial charge in [-0.2, -0.15) is 0 Å². The van der Waals surface area contributed by atoms with Crippen LogP contribution in [0.25, 0.3) is 0 Å². The fraction of sp³-hybridized carbons (Fsp3) is 0.300. The average molecular weight is 338 g/mol. The average Bonchev–Trinajstić information content (AvgIpc) is 2.18. The van der Waals surface area contributed by atoms with E-state index in [1.807, 2.05) is 24.5 Å². The van der Waals surface area contributed by atoms with E-state index in [1.165, 1.54) is 0 Å². The molecule has 1 nitrogen and oxygen atoms in total. The summed E-state index contributed by atoms with van der Waals surface area (Å²) in [5, 5.41) is 0.710. The molecule has 4 heteroatoms. The predicted octanol–water partition coefficient (Wildman–Crippen LogP) is 4.14. The maximum Gasteiger partial charge on any atom is 0.164 e. The monoisotopic (exact) mass is 336 g/mol. The fourth-order valence-electron chi connectivity index (χ4n) is 1.10. The van der Waals surface area contributed by atoms with E-state index in [2.05, 4.69) is 31.9 Å². The summed E-state index contributed by atoms with van der Waals surface area (Å²) in [7, 11) is 0. The van der Waals surface area contributed by atoms with Crippen LogP contribution in [-0.4, -0.2) is 17.4 Å².